The summed E-state index contributed by atoms with van der Waals surface area (Å²) in [6.45, 7) is 3.40. The average Bonchev–Trinajstić information content (AvgIpc) is 3.04. The number of ether oxygens (including phenoxy) is 2. The van der Waals surface area contributed by atoms with E-state index in [0.717, 1.165) is 17.1 Å². The van der Waals surface area contributed by atoms with E-state index in [0.29, 0.717) is 0 Å². The first-order chi connectivity index (χ1) is 12.5. The third kappa shape index (κ3) is 2.91. The monoisotopic (exact) mass is 386 g/mol. The summed E-state index contributed by atoms with van der Waals surface area (Å²) >= 11 is 0. The van der Waals surface area contributed by atoms with Crippen molar-refractivity contribution < 1.29 is 33.3 Å². The van der Waals surface area contributed by atoms with Gasteiger partial charge in [-0.15, -0.1) is 0 Å². The molecule has 148 valence electrons. The molecule has 0 saturated carbocycles. The number of anilines is 1. The average molecular weight is 386 g/mol. The molecule has 1 aliphatic rings. The number of nitrogen functional groups attached to an aromatic ring is 1. The van der Waals surface area contributed by atoms with E-state index in [2.05, 4.69) is 9.97 Å². The number of aliphatic hydroxyl groups excluding tert-OH is 2. The van der Waals surface area contributed by atoms with Gasteiger partial charge in [0.05, 0.1) is 11.3 Å². The van der Waals surface area contributed by atoms with Gasteiger partial charge in [0.25, 0.3) is 5.85 Å². The second-order valence-corrected chi connectivity index (χ2v) is 6.90. The predicted molar refractivity (Wildman–Crippen MR) is 88.3 cm³/mol. The SMILES string of the molecule is CC(C)C(=O)OC[C@@]1(F)O[C@@](C)(n2cc(F)c3c(N)ncnc32)[C@H](O)[C@@H]1O. The van der Waals surface area contributed by atoms with Crippen molar-refractivity contribution in [3.8, 4) is 0 Å². The summed E-state index contributed by atoms with van der Waals surface area (Å²) in [6.07, 6.45) is -1.91. The van der Waals surface area contributed by atoms with Crippen LogP contribution in [0.3, 0.4) is 0 Å². The topological polar surface area (TPSA) is 133 Å². The minimum Gasteiger partial charge on any atom is -0.459 e. The lowest BCUT2D eigenvalue weighted by molar-refractivity contribution is -0.244. The molecule has 2 aromatic heterocycles. The molecule has 0 unspecified atom stereocenters. The van der Waals surface area contributed by atoms with Crippen molar-refractivity contribution in [1.29, 1.82) is 0 Å². The minimum atomic E-state index is -2.91. The molecule has 0 radical (unpaired) electrons. The van der Waals surface area contributed by atoms with Crippen molar-refractivity contribution in [1.82, 2.24) is 14.5 Å². The lowest BCUT2D eigenvalue weighted by Crippen LogP contribution is -2.44. The van der Waals surface area contributed by atoms with Crippen LogP contribution in [0.5, 0.6) is 0 Å². The number of carbonyl (C=O) groups is 1. The summed E-state index contributed by atoms with van der Waals surface area (Å²) in [6, 6.07) is 0. The quantitative estimate of drug-likeness (QED) is 0.645. The number of halogens is 2. The van der Waals surface area contributed by atoms with Crippen LogP contribution < -0.4 is 5.73 Å². The van der Waals surface area contributed by atoms with Crippen molar-refractivity contribution in [3.63, 3.8) is 0 Å². The molecule has 0 aliphatic carbocycles. The van der Waals surface area contributed by atoms with E-state index in [4.69, 9.17) is 15.2 Å². The smallest absolute Gasteiger partial charge is 0.308 e. The van der Waals surface area contributed by atoms with Crippen LogP contribution in [0.25, 0.3) is 11.0 Å². The van der Waals surface area contributed by atoms with E-state index in [1.807, 2.05) is 0 Å². The number of alkyl halides is 1. The third-order valence-corrected chi connectivity index (χ3v) is 4.59. The molecule has 0 bridgehead atoms. The summed E-state index contributed by atoms with van der Waals surface area (Å²) < 4.78 is 40.6. The number of carbonyl (C=O) groups excluding carboxylic acids is 1. The number of nitrogens with two attached hydrogens (primary N) is 1. The fourth-order valence-electron chi connectivity index (χ4n) is 3.01. The molecule has 27 heavy (non-hydrogen) atoms. The van der Waals surface area contributed by atoms with Crippen LogP contribution in [0.2, 0.25) is 0 Å². The molecule has 11 heteroatoms. The number of esters is 1. The van der Waals surface area contributed by atoms with Gasteiger partial charge < -0.3 is 25.4 Å². The molecule has 9 nitrogen and oxygen atoms in total. The molecule has 4 N–H and O–H groups in total. The van der Waals surface area contributed by atoms with Crippen LogP contribution in [0.15, 0.2) is 12.5 Å². The van der Waals surface area contributed by atoms with Crippen LogP contribution in [0, 0.1) is 11.7 Å². The maximum absolute atomic E-state index is 15.2. The molecule has 2 aromatic rings. The summed E-state index contributed by atoms with van der Waals surface area (Å²) in [4.78, 5) is 19.2. The van der Waals surface area contributed by atoms with Crippen LogP contribution in [0.1, 0.15) is 20.8 Å². The third-order valence-electron chi connectivity index (χ3n) is 4.59. The molecule has 4 atom stereocenters. The van der Waals surface area contributed by atoms with Crippen LogP contribution in [0.4, 0.5) is 14.6 Å². The molecular formula is C16H20F2N4O5. The van der Waals surface area contributed by atoms with Gasteiger partial charge in [-0.3, -0.25) is 9.36 Å². The Balaban J connectivity index is 1.99. The zero-order valence-corrected chi connectivity index (χ0v) is 14.9. The van der Waals surface area contributed by atoms with E-state index in [1.165, 1.54) is 6.92 Å². The van der Waals surface area contributed by atoms with Crippen molar-refractivity contribution in [3.05, 3.63) is 18.3 Å². The first kappa shape index (κ1) is 19.4. The molecule has 3 heterocycles. The molecular weight excluding hydrogens is 366 g/mol. The number of hydrogen-bond acceptors (Lipinski definition) is 8. The van der Waals surface area contributed by atoms with E-state index in [1.54, 1.807) is 13.8 Å². The highest BCUT2D eigenvalue weighted by Gasteiger charge is 2.63. The van der Waals surface area contributed by atoms with Crippen LogP contribution in [-0.2, 0) is 20.0 Å². The molecule has 1 fully saturated rings. The summed E-state index contributed by atoms with van der Waals surface area (Å²) in [7, 11) is 0. The zero-order valence-electron chi connectivity index (χ0n) is 14.9. The molecule has 0 spiro atoms. The highest BCUT2D eigenvalue weighted by atomic mass is 19.2. The van der Waals surface area contributed by atoms with Crippen molar-refractivity contribution in [2.24, 2.45) is 5.92 Å². The number of fused-ring (bicyclic) bond motifs is 1. The second kappa shape index (κ2) is 6.36. The van der Waals surface area contributed by atoms with Gasteiger partial charge in [0.15, 0.2) is 23.8 Å². The Labute approximate surface area is 152 Å². The van der Waals surface area contributed by atoms with Gasteiger partial charge in [-0.05, 0) is 6.92 Å². The Kier molecular flexibility index (Phi) is 4.57. The van der Waals surface area contributed by atoms with Gasteiger partial charge in [0, 0.05) is 6.20 Å². The largest absolute Gasteiger partial charge is 0.459 e. The normalized spacial score (nSPS) is 31.0. The highest BCUT2D eigenvalue weighted by molar-refractivity contribution is 5.87. The van der Waals surface area contributed by atoms with Gasteiger partial charge >= 0.3 is 5.97 Å². The Hall–Kier alpha value is -2.37. The number of aliphatic hydroxyl groups is 2. The summed E-state index contributed by atoms with van der Waals surface area (Å²) in [5.74, 6) is -5.10. The molecule has 0 aromatic carbocycles. The fourth-order valence-corrected chi connectivity index (χ4v) is 3.01. The van der Waals surface area contributed by atoms with Gasteiger partial charge in [-0.2, -0.15) is 0 Å². The predicted octanol–water partition coefficient (Wildman–Crippen LogP) is 0.442. The Bertz CT molecular complexity index is 891. The number of rotatable bonds is 4. The van der Waals surface area contributed by atoms with Gasteiger partial charge in [-0.1, -0.05) is 13.8 Å². The van der Waals surface area contributed by atoms with Gasteiger partial charge in [-0.25, -0.2) is 18.7 Å². The fraction of sp³-hybridized carbons (Fsp3) is 0.562. The summed E-state index contributed by atoms with van der Waals surface area (Å²) in [5, 5.41) is 20.5. The number of nitrogens with zero attached hydrogens (tertiary/aromatic N) is 3. The van der Waals surface area contributed by atoms with Crippen molar-refractivity contribution in [2.75, 3.05) is 12.3 Å². The highest BCUT2D eigenvalue weighted by Crippen LogP contribution is 2.44. The van der Waals surface area contributed by atoms with E-state index >= 15 is 4.39 Å². The lowest BCUT2D eigenvalue weighted by atomic mass is 10.0. The van der Waals surface area contributed by atoms with Crippen molar-refractivity contribution in [2.45, 2.75) is 44.6 Å². The Morgan fingerprint density at radius 1 is 1.44 bits per heavy atom. The Morgan fingerprint density at radius 3 is 2.74 bits per heavy atom. The van der Waals surface area contributed by atoms with Crippen LogP contribution >= 0.6 is 0 Å². The maximum Gasteiger partial charge on any atom is 0.308 e. The lowest BCUT2D eigenvalue weighted by Gasteiger charge is -2.30. The van der Waals surface area contributed by atoms with Gasteiger partial charge in [0.1, 0.15) is 24.4 Å². The Morgan fingerprint density at radius 2 is 2.11 bits per heavy atom. The molecule has 0 amide bonds. The minimum absolute atomic E-state index is 0.0582. The van der Waals surface area contributed by atoms with E-state index in [-0.39, 0.29) is 16.9 Å². The molecule has 3 rings (SSSR count). The second-order valence-electron chi connectivity index (χ2n) is 6.90. The molecule has 1 aliphatic heterocycles. The van der Waals surface area contributed by atoms with Gasteiger partial charge in [0.2, 0.25) is 0 Å². The first-order valence-corrected chi connectivity index (χ1v) is 8.20. The number of aromatic nitrogens is 3. The zero-order chi connectivity index (χ0) is 20.1. The maximum atomic E-state index is 15.2. The van der Waals surface area contributed by atoms with E-state index < -0.39 is 48.1 Å². The molecule has 1 saturated heterocycles. The summed E-state index contributed by atoms with van der Waals surface area (Å²) in [5.41, 5.74) is 3.63. The first-order valence-electron chi connectivity index (χ1n) is 8.20. The van der Waals surface area contributed by atoms with Crippen molar-refractivity contribution >= 4 is 22.8 Å². The number of hydrogen-bond donors (Lipinski definition) is 3. The van der Waals surface area contributed by atoms with Crippen LogP contribution in [-0.4, -0.2) is 55.4 Å². The standard InChI is InChI=1S/C16H20F2N4O5/c1-7(2)14(25)26-5-16(18)11(24)10(23)15(3,27-16)22-4-8(17)9-12(19)20-6-21-13(9)22/h4,6-7,10-11,23-24H,5H2,1-3H3,(H2,19,20,21)/t10-,11+,15-,16-/m1/s1. The van der Waals surface area contributed by atoms with E-state index in [9.17, 15) is 19.4 Å².